The van der Waals surface area contributed by atoms with Gasteiger partial charge in [0.15, 0.2) is 0 Å². The third-order valence-electron chi connectivity index (χ3n) is 5.25. The Morgan fingerprint density at radius 3 is 2.61 bits per heavy atom. The van der Waals surface area contributed by atoms with Gasteiger partial charge in [0.05, 0.1) is 19.7 Å². The maximum Gasteiger partial charge on any atom is 0.268 e. The van der Waals surface area contributed by atoms with Crippen molar-refractivity contribution in [1.29, 1.82) is 5.26 Å². The number of nitrogens with one attached hydrogen (secondary N) is 4. The van der Waals surface area contributed by atoms with E-state index in [0.717, 1.165) is 16.3 Å². The van der Waals surface area contributed by atoms with Gasteiger partial charge in [0.2, 0.25) is 11.5 Å². The molecule has 0 bridgehead atoms. The summed E-state index contributed by atoms with van der Waals surface area (Å²) in [5, 5.41) is 16.2. The van der Waals surface area contributed by atoms with E-state index in [1.165, 1.54) is 6.07 Å². The van der Waals surface area contributed by atoms with Crippen LogP contribution in [0.3, 0.4) is 0 Å². The minimum Gasteiger partial charge on any atom is -0.496 e. The van der Waals surface area contributed by atoms with Gasteiger partial charge in [0.1, 0.15) is 17.5 Å². The first kappa shape index (κ1) is 21.6. The Hall–Kier alpha value is -4.58. The number of pyridine rings is 1. The number of carbonyl (C=O) groups is 2. The number of carbonyl (C=O) groups excluding carboxylic acids is 2. The Bertz CT molecular complexity index is 1450. The molecular formula is C24H21N5O4. The Morgan fingerprint density at radius 1 is 1.06 bits per heavy atom. The number of methoxy groups -OCH3 is 1. The third-order valence-corrected chi connectivity index (χ3v) is 5.25. The zero-order valence-corrected chi connectivity index (χ0v) is 17.8. The highest BCUT2D eigenvalue weighted by atomic mass is 16.5. The molecule has 0 saturated carbocycles. The second kappa shape index (κ2) is 9.28. The Labute approximate surface area is 188 Å². The summed E-state index contributed by atoms with van der Waals surface area (Å²) in [6.45, 7) is -0.306. The van der Waals surface area contributed by atoms with Gasteiger partial charge in [-0.2, -0.15) is 5.26 Å². The summed E-state index contributed by atoms with van der Waals surface area (Å²) >= 11 is 0. The molecule has 2 amide bonds. The van der Waals surface area contributed by atoms with Gasteiger partial charge < -0.3 is 25.3 Å². The standard InChI is InChI=1S/C24H21N5O4/c1-33-21-8-4-7-19-17(21)11-20(28-19)24(32)26-13-23(31)27-15(12-25)9-14-10-22(30)29-18-6-3-2-5-16(14)18/h2-8,10-11,15,28H,9,13H2,1H3,(H,26,32)(H,27,31)(H,29,30). The van der Waals surface area contributed by atoms with Crippen LogP contribution in [-0.2, 0) is 11.2 Å². The first-order valence-electron chi connectivity index (χ1n) is 10.2. The number of nitriles is 1. The Kier molecular flexibility index (Phi) is 6.09. The highest BCUT2D eigenvalue weighted by molar-refractivity contribution is 6.00. The summed E-state index contributed by atoms with van der Waals surface area (Å²) in [6, 6.07) is 16.9. The largest absolute Gasteiger partial charge is 0.496 e. The summed E-state index contributed by atoms with van der Waals surface area (Å²) in [6.07, 6.45) is 0.155. The van der Waals surface area contributed by atoms with Crippen LogP contribution in [0.25, 0.3) is 21.8 Å². The molecule has 2 aromatic carbocycles. The number of nitrogens with zero attached hydrogens (tertiary/aromatic N) is 1. The zero-order chi connectivity index (χ0) is 23.4. The number of ether oxygens (including phenoxy) is 1. The van der Waals surface area contributed by atoms with Crippen LogP contribution in [-0.4, -0.2) is 41.5 Å². The summed E-state index contributed by atoms with van der Waals surface area (Å²) in [4.78, 5) is 42.5. The first-order valence-corrected chi connectivity index (χ1v) is 10.2. The second-order valence-corrected chi connectivity index (χ2v) is 7.44. The Morgan fingerprint density at radius 2 is 1.82 bits per heavy atom. The first-order chi connectivity index (χ1) is 16.0. The molecule has 2 heterocycles. The zero-order valence-electron chi connectivity index (χ0n) is 17.8. The molecule has 0 radical (unpaired) electrons. The minimum absolute atomic E-state index is 0.155. The lowest BCUT2D eigenvalue weighted by Gasteiger charge is -2.13. The van der Waals surface area contributed by atoms with Crippen molar-refractivity contribution >= 4 is 33.6 Å². The molecule has 9 nitrogen and oxygen atoms in total. The van der Waals surface area contributed by atoms with Crippen molar-refractivity contribution < 1.29 is 14.3 Å². The van der Waals surface area contributed by atoms with Crippen LogP contribution in [0.1, 0.15) is 16.1 Å². The number of aromatic nitrogens is 2. The summed E-state index contributed by atoms with van der Waals surface area (Å²) in [5.74, 6) is -0.347. The molecule has 33 heavy (non-hydrogen) atoms. The third kappa shape index (κ3) is 4.70. The molecule has 1 atom stereocenters. The van der Waals surface area contributed by atoms with Gasteiger partial charge >= 0.3 is 0 Å². The lowest BCUT2D eigenvalue weighted by atomic mass is 10.0. The van der Waals surface area contributed by atoms with Crippen molar-refractivity contribution in [2.45, 2.75) is 12.5 Å². The number of hydrogen-bond acceptors (Lipinski definition) is 5. The van der Waals surface area contributed by atoms with Gasteiger partial charge in [-0.25, -0.2) is 0 Å². The number of amides is 2. The van der Waals surface area contributed by atoms with Gasteiger partial charge in [-0.3, -0.25) is 14.4 Å². The average Bonchev–Trinajstić information content (AvgIpc) is 3.26. The topological polar surface area (TPSA) is 140 Å². The van der Waals surface area contributed by atoms with Crippen LogP contribution in [0.4, 0.5) is 0 Å². The molecule has 166 valence electrons. The molecule has 0 saturated heterocycles. The van der Waals surface area contributed by atoms with Crippen LogP contribution in [0, 0.1) is 11.3 Å². The van der Waals surface area contributed by atoms with Crippen LogP contribution in [0.2, 0.25) is 0 Å². The fourth-order valence-electron chi connectivity index (χ4n) is 3.72. The predicted octanol–water partition coefficient (Wildman–Crippen LogP) is 2.00. The molecule has 0 fully saturated rings. The van der Waals surface area contributed by atoms with E-state index in [2.05, 4.69) is 20.6 Å². The molecule has 0 aliphatic heterocycles. The molecular weight excluding hydrogens is 422 g/mol. The van der Waals surface area contributed by atoms with Crippen LogP contribution in [0.15, 0.2) is 59.4 Å². The quantitative estimate of drug-likeness (QED) is 0.346. The van der Waals surface area contributed by atoms with Gasteiger partial charge in [-0.05, 0) is 29.8 Å². The van der Waals surface area contributed by atoms with E-state index >= 15 is 0 Å². The highest BCUT2D eigenvalue weighted by Crippen LogP contribution is 2.25. The maximum atomic E-state index is 12.5. The smallest absolute Gasteiger partial charge is 0.268 e. The number of fused-ring (bicyclic) bond motifs is 2. The fourth-order valence-corrected chi connectivity index (χ4v) is 3.72. The molecule has 4 aromatic rings. The molecule has 4 N–H and O–H groups in total. The number of para-hydroxylation sites is 1. The van der Waals surface area contributed by atoms with E-state index in [1.54, 1.807) is 37.4 Å². The number of H-pyrrole nitrogens is 2. The molecule has 1 unspecified atom stereocenters. The van der Waals surface area contributed by atoms with Crippen molar-refractivity contribution in [2.75, 3.05) is 13.7 Å². The van der Waals surface area contributed by atoms with Gasteiger partial charge in [0, 0.05) is 34.3 Å². The molecule has 4 rings (SSSR count). The summed E-state index contributed by atoms with van der Waals surface area (Å²) < 4.78 is 5.29. The fraction of sp³-hybridized carbons (Fsp3) is 0.167. The van der Waals surface area contributed by atoms with Crippen LogP contribution in [0.5, 0.6) is 5.75 Å². The van der Waals surface area contributed by atoms with E-state index in [-0.39, 0.29) is 24.2 Å². The molecule has 0 aliphatic carbocycles. The van der Waals surface area contributed by atoms with Gasteiger partial charge in [-0.15, -0.1) is 0 Å². The number of aromatic amines is 2. The lowest BCUT2D eigenvalue weighted by Crippen LogP contribution is -2.42. The van der Waals surface area contributed by atoms with Gasteiger partial charge in [-0.1, -0.05) is 24.3 Å². The molecule has 2 aromatic heterocycles. The maximum absolute atomic E-state index is 12.5. The van der Waals surface area contributed by atoms with Gasteiger partial charge in [0.25, 0.3) is 5.91 Å². The average molecular weight is 443 g/mol. The van der Waals surface area contributed by atoms with E-state index < -0.39 is 17.9 Å². The Balaban J connectivity index is 1.40. The van der Waals surface area contributed by atoms with E-state index in [4.69, 9.17) is 4.74 Å². The molecule has 0 aliphatic rings. The van der Waals surface area contributed by atoms with E-state index in [1.807, 2.05) is 24.3 Å². The van der Waals surface area contributed by atoms with Crippen molar-refractivity contribution in [3.05, 3.63) is 76.2 Å². The lowest BCUT2D eigenvalue weighted by molar-refractivity contribution is -0.120. The van der Waals surface area contributed by atoms with Crippen molar-refractivity contribution in [3.8, 4) is 11.8 Å². The minimum atomic E-state index is -0.864. The van der Waals surface area contributed by atoms with Crippen molar-refractivity contribution in [3.63, 3.8) is 0 Å². The highest BCUT2D eigenvalue weighted by Gasteiger charge is 2.17. The van der Waals surface area contributed by atoms with Crippen molar-refractivity contribution in [2.24, 2.45) is 0 Å². The number of benzene rings is 2. The van der Waals surface area contributed by atoms with E-state index in [9.17, 15) is 19.6 Å². The SMILES string of the molecule is COc1cccc2[nH]c(C(=O)NCC(=O)NC(C#N)Cc3cc(=O)[nH]c4ccccc34)cc12. The second-order valence-electron chi connectivity index (χ2n) is 7.44. The number of hydrogen-bond donors (Lipinski definition) is 4. The van der Waals surface area contributed by atoms with E-state index in [0.29, 0.717) is 16.8 Å². The predicted molar refractivity (Wildman–Crippen MR) is 123 cm³/mol. The monoisotopic (exact) mass is 443 g/mol. The van der Waals surface area contributed by atoms with Crippen molar-refractivity contribution in [1.82, 2.24) is 20.6 Å². The normalized spacial score (nSPS) is 11.6. The molecule has 9 heteroatoms. The van der Waals surface area contributed by atoms with Crippen LogP contribution < -0.4 is 20.9 Å². The summed E-state index contributed by atoms with van der Waals surface area (Å²) in [5.41, 5.74) is 2.05. The van der Waals surface area contributed by atoms with Crippen LogP contribution >= 0.6 is 0 Å². The summed E-state index contributed by atoms with van der Waals surface area (Å²) in [7, 11) is 1.55. The molecule has 0 spiro atoms. The number of rotatable bonds is 7.